The molecule has 5 nitrogen and oxygen atoms in total. The first-order valence-corrected chi connectivity index (χ1v) is 9.58. The van der Waals surface area contributed by atoms with Crippen LogP contribution in [-0.4, -0.2) is 49.4 Å². The van der Waals surface area contributed by atoms with Gasteiger partial charge in [0.2, 0.25) is 0 Å². The number of carbonyl (C=O) groups is 1. The number of hydrogen-bond acceptors (Lipinski definition) is 3. The van der Waals surface area contributed by atoms with Crippen LogP contribution in [0.4, 0.5) is 4.79 Å². The van der Waals surface area contributed by atoms with E-state index in [2.05, 4.69) is 24.4 Å². The maximum absolute atomic E-state index is 12.3. The van der Waals surface area contributed by atoms with Crippen molar-refractivity contribution in [1.82, 2.24) is 10.2 Å². The van der Waals surface area contributed by atoms with E-state index in [0.29, 0.717) is 37.2 Å². The summed E-state index contributed by atoms with van der Waals surface area (Å²) in [6, 6.07) is 8.19. The SMILES string of the molecule is Cc1ccc(OCCCCNC(=O)N2C[C@@H]3[C@@H](C2)[C@H]2CC[C@H]3O2)cc1. The van der Waals surface area contributed by atoms with E-state index in [-0.39, 0.29) is 6.03 Å². The van der Waals surface area contributed by atoms with Crippen LogP contribution in [0.3, 0.4) is 0 Å². The van der Waals surface area contributed by atoms with Gasteiger partial charge in [0, 0.05) is 31.5 Å². The highest BCUT2D eigenvalue weighted by atomic mass is 16.5. The Morgan fingerprint density at radius 2 is 1.84 bits per heavy atom. The lowest BCUT2D eigenvalue weighted by Crippen LogP contribution is -2.40. The number of benzene rings is 1. The maximum atomic E-state index is 12.3. The van der Waals surface area contributed by atoms with Crippen molar-refractivity contribution in [3.05, 3.63) is 29.8 Å². The minimum atomic E-state index is 0.0910. The number of aryl methyl sites for hydroxylation is 1. The van der Waals surface area contributed by atoms with E-state index in [4.69, 9.17) is 9.47 Å². The van der Waals surface area contributed by atoms with E-state index >= 15 is 0 Å². The van der Waals surface area contributed by atoms with Crippen molar-refractivity contribution in [2.24, 2.45) is 11.8 Å². The smallest absolute Gasteiger partial charge is 0.317 e. The van der Waals surface area contributed by atoms with Crippen LogP contribution in [0.1, 0.15) is 31.2 Å². The van der Waals surface area contributed by atoms with Crippen LogP contribution in [-0.2, 0) is 4.74 Å². The lowest BCUT2D eigenvalue weighted by Gasteiger charge is -2.19. The Balaban J connectivity index is 1.10. The second-order valence-electron chi connectivity index (χ2n) is 7.62. The van der Waals surface area contributed by atoms with Gasteiger partial charge in [-0.1, -0.05) is 17.7 Å². The number of fused-ring (bicyclic) bond motifs is 5. The summed E-state index contributed by atoms with van der Waals surface area (Å²) in [6.45, 7) is 5.21. The standard InChI is InChI=1S/C20H28N2O3/c1-14-4-6-15(7-5-14)24-11-3-2-10-21-20(23)22-12-16-17(13-22)19-9-8-18(16)25-19/h4-7,16-19H,2-3,8-13H2,1H3,(H,21,23)/t16-,17-,18-,19-/m1/s1. The Bertz CT molecular complexity index is 585. The van der Waals surface area contributed by atoms with Crippen LogP contribution in [0.15, 0.2) is 24.3 Å². The first-order valence-electron chi connectivity index (χ1n) is 9.58. The summed E-state index contributed by atoms with van der Waals surface area (Å²) in [4.78, 5) is 14.3. The highest BCUT2D eigenvalue weighted by Crippen LogP contribution is 2.47. The average molecular weight is 344 g/mol. The van der Waals surface area contributed by atoms with Crippen molar-refractivity contribution in [3.8, 4) is 5.75 Å². The third kappa shape index (κ3) is 3.61. The minimum Gasteiger partial charge on any atom is -0.494 e. The van der Waals surface area contributed by atoms with E-state index in [9.17, 15) is 4.79 Å². The molecule has 3 saturated heterocycles. The normalized spacial score (nSPS) is 29.7. The molecule has 0 spiro atoms. The molecule has 2 bridgehead atoms. The fourth-order valence-electron chi connectivity index (χ4n) is 4.48. The van der Waals surface area contributed by atoms with Crippen molar-refractivity contribution in [1.29, 1.82) is 0 Å². The van der Waals surface area contributed by atoms with Gasteiger partial charge in [0.1, 0.15) is 5.75 Å². The molecule has 136 valence electrons. The molecule has 3 heterocycles. The van der Waals surface area contributed by atoms with E-state index in [1.165, 1.54) is 18.4 Å². The number of ether oxygens (including phenoxy) is 2. The van der Waals surface area contributed by atoms with Gasteiger partial charge in [0.15, 0.2) is 0 Å². The summed E-state index contributed by atoms with van der Waals surface area (Å²) in [7, 11) is 0. The predicted octanol–water partition coefficient (Wildman–Crippen LogP) is 2.97. The molecule has 3 aliphatic rings. The Morgan fingerprint density at radius 3 is 2.52 bits per heavy atom. The molecule has 25 heavy (non-hydrogen) atoms. The Hall–Kier alpha value is -1.75. The number of rotatable bonds is 6. The molecule has 4 rings (SSSR count). The van der Waals surface area contributed by atoms with E-state index in [1.54, 1.807) is 0 Å². The number of unbranched alkanes of at least 4 members (excludes halogenated alkanes) is 1. The van der Waals surface area contributed by atoms with Crippen LogP contribution >= 0.6 is 0 Å². The molecule has 0 aliphatic carbocycles. The van der Waals surface area contributed by atoms with Crippen LogP contribution in [0.25, 0.3) is 0 Å². The summed E-state index contributed by atoms with van der Waals surface area (Å²) in [6.07, 6.45) is 5.06. The molecule has 0 unspecified atom stereocenters. The first kappa shape index (κ1) is 16.7. The van der Waals surface area contributed by atoms with Crippen molar-refractivity contribution in [3.63, 3.8) is 0 Å². The molecular weight excluding hydrogens is 316 g/mol. The minimum absolute atomic E-state index is 0.0910. The second-order valence-corrected chi connectivity index (χ2v) is 7.62. The Kier molecular flexibility index (Phi) is 4.84. The van der Waals surface area contributed by atoms with Crippen LogP contribution in [0.5, 0.6) is 5.75 Å². The van der Waals surface area contributed by atoms with Gasteiger partial charge < -0.3 is 19.7 Å². The largest absolute Gasteiger partial charge is 0.494 e. The number of likely N-dealkylation sites (tertiary alicyclic amines) is 1. The lowest BCUT2D eigenvalue weighted by atomic mass is 9.82. The summed E-state index contributed by atoms with van der Waals surface area (Å²) in [5.74, 6) is 2.06. The fourth-order valence-corrected chi connectivity index (χ4v) is 4.48. The molecule has 1 N–H and O–H groups in total. The number of nitrogens with one attached hydrogen (secondary N) is 1. The summed E-state index contributed by atoms with van der Waals surface area (Å²) in [5, 5.41) is 3.06. The Morgan fingerprint density at radius 1 is 1.16 bits per heavy atom. The zero-order chi connectivity index (χ0) is 17.2. The lowest BCUT2D eigenvalue weighted by molar-refractivity contribution is 0.0739. The van der Waals surface area contributed by atoms with Crippen molar-refractivity contribution < 1.29 is 14.3 Å². The van der Waals surface area contributed by atoms with E-state index < -0.39 is 0 Å². The number of carbonyl (C=O) groups excluding carboxylic acids is 1. The maximum Gasteiger partial charge on any atom is 0.317 e. The highest BCUT2D eigenvalue weighted by Gasteiger charge is 2.53. The van der Waals surface area contributed by atoms with Crippen LogP contribution in [0, 0.1) is 18.8 Å². The highest BCUT2D eigenvalue weighted by molar-refractivity contribution is 5.74. The molecule has 2 amide bonds. The third-order valence-corrected chi connectivity index (χ3v) is 5.88. The molecular formula is C20H28N2O3. The molecule has 0 aromatic heterocycles. The van der Waals surface area contributed by atoms with E-state index in [0.717, 1.165) is 31.7 Å². The van der Waals surface area contributed by atoms with Gasteiger partial charge >= 0.3 is 6.03 Å². The monoisotopic (exact) mass is 344 g/mol. The van der Waals surface area contributed by atoms with Gasteiger partial charge in [-0.05, 0) is 44.7 Å². The Labute approximate surface area is 149 Å². The second kappa shape index (κ2) is 7.24. The topological polar surface area (TPSA) is 50.8 Å². The van der Waals surface area contributed by atoms with Gasteiger partial charge in [-0.15, -0.1) is 0 Å². The van der Waals surface area contributed by atoms with Crippen molar-refractivity contribution in [2.45, 2.75) is 44.8 Å². The quantitative estimate of drug-likeness (QED) is 0.807. The molecule has 0 saturated carbocycles. The molecule has 1 aromatic rings. The molecule has 3 fully saturated rings. The van der Waals surface area contributed by atoms with Gasteiger partial charge in [-0.3, -0.25) is 0 Å². The van der Waals surface area contributed by atoms with Gasteiger partial charge in [0.05, 0.1) is 18.8 Å². The van der Waals surface area contributed by atoms with Gasteiger partial charge in [-0.2, -0.15) is 0 Å². The summed E-state index contributed by atoms with van der Waals surface area (Å²) >= 11 is 0. The van der Waals surface area contributed by atoms with E-state index in [1.807, 2.05) is 17.0 Å². The zero-order valence-electron chi connectivity index (χ0n) is 14.9. The van der Waals surface area contributed by atoms with Crippen molar-refractivity contribution in [2.75, 3.05) is 26.2 Å². The molecule has 4 atom stereocenters. The average Bonchev–Trinajstić information content (AvgIpc) is 3.31. The third-order valence-electron chi connectivity index (χ3n) is 5.88. The summed E-state index contributed by atoms with van der Waals surface area (Å²) < 4.78 is 11.7. The van der Waals surface area contributed by atoms with Crippen LogP contribution < -0.4 is 10.1 Å². The number of urea groups is 1. The molecule has 5 heteroatoms. The first-order chi connectivity index (χ1) is 12.2. The molecule has 1 aromatic carbocycles. The fraction of sp³-hybridized carbons (Fsp3) is 0.650. The zero-order valence-corrected chi connectivity index (χ0v) is 14.9. The number of hydrogen-bond donors (Lipinski definition) is 1. The van der Waals surface area contributed by atoms with Crippen LogP contribution in [0.2, 0.25) is 0 Å². The predicted molar refractivity (Wildman–Crippen MR) is 95.8 cm³/mol. The van der Waals surface area contributed by atoms with Gasteiger partial charge in [-0.25, -0.2) is 4.79 Å². The molecule has 3 aliphatic heterocycles. The summed E-state index contributed by atoms with van der Waals surface area (Å²) in [5.41, 5.74) is 1.24. The number of amides is 2. The van der Waals surface area contributed by atoms with Gasteiger partial charge in [0.25, 0.3) is 0 Å². The number of nitrogens with zero attached hydrogens (tertiary/aromatic N) is 1. The molecule has 0 radical (unpaired) electrons. The van der Waals surface area contributed by atoms with Crippen molar-refractivity contribution >= 4 is 6.03 Å².